The average molecular weight is 491 g/mol. The predicted octanol–water partition coefficient (Wildman–Crippen LogP) is 4.42. The molecular weight excluding hydrogens is 460 g/mol. The van der Waals surface area contributed by atoms with Crippen LogP contribution in [0.25, 0.3) is 10.9 Å². The van der Waals surface area contributed by atoms with Crippen molar-refractivity contribution in [3.8, 4) is 11.5 Å². The highest BCUT2D eigenvalue weighted by Gasteiger charge is 2.25. The molecule has 0 aliphatic rings. The maximum absolute atomic E-state index is 11.6. The summed E-state index contributed by atoms with van der Waals surface area (Å²) >= 11 is 0. The number of carboxylic acid groups (broad SMARTS) is 1. The Kier molecular flexibility index (Phi) is 7.87. The zero-order valence-corrected chi connectivity index (χ0v) is 20.5. The molecule has 8 heteroatoms. The molecule has 1 heterocycles. The molecule has 188 valence electrons. The fraction of sp³-hybridized carbons (Fsp3) is 0.286. The van der Waals surface area contributed by atoms with Crippen molar-refractivity contribution in [2.45, 2.75) is 32.1 Å². The normalized spacial score (nSPS) is 12.9. The number of aliphatic hydroxyl groups excluding tert-OH is 1. The fourth-order valence-corrected chi connectivity index (χ4v) is 4.25. The fourth-order valence-electron chi connectivity index (χ4n) is 4.25. The van der Waals surface area contributed by atoms with E-state index in [0.717, 1.165) is 11.1 Å². The third kappa shape index (κ3) is 5.50. The van der Waals surface area contributed by atoms with Crippen molar-refractivity contribution in [1.82, 2.24) is 9.78 Å². The summed E-state index contributed by atoms with van der Waals surface area (Å²) in [4.78, 5) is 11.6. The van der Waals surface area contributed by atoms with Crippen molar-refractivity contribution >= 4 is 16.9 Å². The first-order chi connectivity index (χ1) is 17.4. The molecule has 0 aliphatic carbocycles. The van der Waals surface area contributed by atoms with E-state index < -0.39 is 18.2 Å². The minimum Gasteiger partial charge on any atom is -0.496 e. The molecular formula is C28H30N2O6. The molecule has 0 saturated carbocycles. The van der Waals surface area contributed by atoms with Gasteiger partial charge in [-0.3, -0.25) is 4.68 Å². The van der Waals surface area contributed by atoms with Crippen molar-refractivity contribution in [1.29, 1.82) is 0 Å². The van der Waals surface area contributed by atoms with E-state index in [-0.39, 0.29) is 12.1 Å². The lowest BCUT2D eigenvalue weighted by atomic mass is 10.0. The Morgan fingerprint density at radius 3 is 2.36 bits per heavy atom. The molecule has 0 aliphatic heterocycles. The molecule has 0 fully saturated rings. The van der Waals surface area contributed by atoms with Gasteiger partial charge in [-0.2, -0.15) is 5.10 Å². The number of ether oxygens (including phenoxy) is 3. The lowest BCUT2D eigenvalue weighted by Crippen LogP contribution is -2.29. The highest BCUT2D eigenvalue weighted by molar-refractivity contribution is 6.01. The van der Waals surface area contributed by atoms with Gasteiger partial charge in [0.25, 0.3) is 0 Å². The Morgan fingerprint density at radius 1 is 1.03 bits per heavy atom. The third-order valence-corrected chi connectivity index (χ3v) is 6.21. The van der Waals surface area contributed by atoms with E-state index in [0.29, 0.717) is 41.0 Å². The highest BCUT2D eigenvalue weighted by Crippen LogP contribution is 2.34. The number of hydrogen-bond donors (Lipinski definition) is 2. The zero-order chi connectivity index (χ0) is 25.7. The largest absolute Gasteiger partial charge is 0.496 e. The van der Waals surface area contributed by atoms with E-state index in [1.165, 1.54) is 6.07 Å². The monoisotopic (exact) mass is 490 g/mol. The standard InChI is InChI=1S/C28H30N2O6/c1-18-23(34-2)14-21(15-24(18)35-3)27(31)25(36-13-12-19-8-5-4-6-9-19)17-30-16-20-10-7-11-22(28(32)33)26(20)29-30/h4-11,14-16,25,27,31H,12-13,17H2,1-3H3,(H,32,33)/t25-,27-/m1/s1. The van der Waals surface area contributed by atoms with Crippen LogP contribution in [-0.4, -0.2) is 52.9 Å². The van der Waals surface area contributed by atoms with Gasteiger partial charge in [-0.05, 0) is 42.7 Å². The van der Waals surface area contributed by atoms with E-state index in [1.54, 1.807) is 43.3 Å². The molecule has 2 N–H and O–H groups in total. The van der Waals surface area contributed by atoms with Gasteiger partial charge in [0.2, 0.25) is 0 Å². The molecule has 0 bridgehead atoms. The molecule has 1 aromatic heterocycles. The molecule has 0 saturated heterocycles. The van der Waals surface area contributed by atoms with Crippen molar-refractivity contribution in [2.24, 2.45) is 0 Å². The first kappa shape index (κ1) is 25.2. The molecule has 4 aromatic rings. The van der Waals surface area contributed by atoms with Gasteiger partial charge < -0.3 is 24.4 Å². The van der Waals surface area contributed by atoms with Gasteiger partial charge in [-0.1, -0.05) is 42.5 Å². The van der Waals surface area contributed by atoms with Crippen LogP contribution in [0.1, 0.15) is 33.2 Å². The number of methoxy groups -OCH3 is 2. The number of hydrogen-bond acceptors (Lipinski definition) is 6. The molecule has 0 spiro atoms. The number of fused-ring (bicyclic) bond motifs is 1. The number of aromatic carboxylic acids is 1. The van der Waals surface area contributed by atoms with Gasteiger partial charge in [0.15, 0.2) is 0 Å². The van der Waals surface area contributed by atoms with E-state index in [2.05, 4.69) is 5.10 Å². The van der Waals surface area contributed by atoms with E-state index in [4.69, 9.17) is 14.2 Å². The number of aliphatic hydroxyl groups is 1. The number of nitrogens with zero attached hydrogens (tertiary/aromatic N) is 2. The Balaban J connectivity index is 1.63. The molecule has 8 nitrogen and oxygen atoms in total. The molecule has 36 heavy (non-hydrogen) atoms. The summed E-state index contributed by atoms with van der Waals surface area (Å²) in [6, 6.07) is 18.5. The summed E-state index contributed by atoms with van der Waals surface area (Å²) in [5.74, 6) is 0.158. The van der Waals surface area contributed by atoms with Crippen LogP contribution in [0.2, 0.25) is 0 Å². The summed E-state index contributed by atoms with van der Waals surface area (Å²) < 4.78 is 18.8. The Morgan fingerprint density at radius 2 is 1.72 bits per heavy atom. The second kappa shape index (κ2) is 11.2. The van der Waals surface area contributed by atoms with E-state index in [9.17, 15) is 15.0 Å². The SMILES string of the molecule is COc1cc([C@@H](O)[C@@H](Cn2cc3cccc(C(=O)O)c3n2)OCCc2ccccc2)cc(OC)c1C. The summed E-state index contributed by atoms with van der Waals surface area (Å²) in [6.45, 7) is 2.48. The maximum atomic E-state index is 11.6. The van der Waals surface area contributed by atoms with Gasteiger partial charge in [0.05, 0.1) is 32.9 Å². The molecule has 4 rings (SSSR count). The second-order valence-corrected chi connectivity index (χ2v) is 8.54. The van der Waals surface area contributed by atoms with Crippen molar-refractivity contribution < 1.29 is 29.2 Å². The number of carbonyl (C=O) groups is 1. The molecule has 0 unspecified atom stereocenters. The Labute approximate surface area is 209 Å². The predicted molar refractivity (Wildman–Crippen MR) is 136 cm³/mol. The third-order valence-electron chi connectivity index (χ3n) is 6.21. The van der Waals surface area contributed by atoms with Crippen LogP contribution in [0.3, 0.4) is 0 Å². The number of carboxylic acids is 1. The summed E-state index contributed by atoms with van der Waals surface area (Å²) in [6.07, 6.45) is 0.747. The smallest absolute Gasteiger partial charge is 0.337 e. The van der Waals surface area contributed by atoms with Gasteiger partial charge in [0, 0.05) is 17.1 Å². The zero-order valence-electron chi connectivity index (χ0n) is 20.5. The second-order valence-electron chi connectivity index (χ2n) is 8.54. The van der Waals surface area contributed by atoms with Crippen LogP contribution in [-0.2, 0) is 17.7 Å². The van der Waals surface area contributed by atoms with Crippen LogP contribution in [0.4, 0.5) is 0 Å². The van der Waals surface area contributed by atoms with E-state index >= 15 is 0 Å². The van der Waals surface area contributed by atoms with Crippen molar-refractivity contribution in [2.75, 3.05) is 20.8 Å². The first-order valence-electron chi connectivity index (χ1n) is 11.7. The quantitative estimate of drug-likeness (QED) is 0.321. The number of benzene rings is 3. The van der Waals surface area contributed by atoms with E-state index in [1.807, 2.05) is 43.3 Å². The lowest BCUT2D eigenvalue weighted by Gasteiger charge is -2.25. The first-order valence-corrected chi connectivity index (χ1v) is 11.7. The van der Waals surface area contributed by atoms with Gasteiger partial charge in [-0.25, -0.2) is 4.79 Å². The lowest BCUT2D eigenvalue weighted by molar-refractivity contribution is -0.0480. The Hall–Kier alpha value is -3.88. The molecule has 0 radical (unpaired) electrons. The number of rotatable bonds is 11. The van der Waals surface area contributed by atoms with Crippen molar-refractivity contribution in [3.05, 3.63) is 89.1 Å². The van der Waals surface area contributed by atoms with Gasteiger partial charge in [0.1, 0.15) is 29.2 Å². The topological polar surface area (TPSA) is 103 Å². The summed E-state index contributed by atoms with van der Waals surface area (Å²) in [5.41, 5.74) is 3.06. The Bertz CT molecular complexity index is 1310. The van der Waals surface area contributed by atoms with Crippen LogP contribution >= 0.6 is 0 Å². The number of aromatic nitrogens is 2. The maximum Gasteiger partial charge on any atom is 0.337 e. The van der Waals surface area contributed by atoms with Crippen molar-refractivity contribution in [3.63, 3.8) is 0 Å². The van der Waals surface area contributed by atoms with Crippen LogP contribution in [0, 0.1) is 6.92 Å². The summed E-state index contributed by atoms with van der Waals surface area (Å²) in [7, 11) is 3.14. The van der Waals surface area contributed by atoms with Gasteiger partial charge >= 0.3 is 5.97 Å². The highest BCUT2D eigenvalue weighted by atomic mass is 16.5. The van der Waals surface area contributed by atoms with Crippen LogP contribution in [0.15, 0.2) is 66.9 Å². The molecule has 2 atom stereocenters. The minimum absolute atomic E-state index is 0.126. The van der Waals surface area contributed by atoms with Crippen LogP contribution in [0.5, 0.6) is 11.5 Å². The molecule has 0 amide bonds. The van der Waals surface area contributed by atoms with Crippen LogP contribution < -0.4 is 9.47 Å². The average Bonchev–Trinajstić information content (AvgIpc) is 3.31. The summed E-state index contributed by atoms with van der Waals surface area (Å²) in [5, 5.41) is 26.1. The minimum atomic E-state index is -1.04. The molecule has 3 aromatic carbocycles. The van der Waals surface area contributed by atoms with Gasteiger partial charge in [-0.15, -0.1) is 0 Å².